The Labute approximate surface area is 144 Å². The molecule has 0 radical (unpaired) electrons. The summed E-state index contributed by atoms with van der Waals surface area (Å²) in [6.07, 6.45) is -0.890. The summed E-state index contributed by atoms with van der Waals surface area (Å²) >= 11 is 0. The zero-order valence-corrected chi connectivity index (χ0v) is 15.3. The Balaban J connectivity index is 2.60. The van der Waals surface area contributed by atoms with Crippen LogP contribution in [0.4, 0.5) is 4.79 Å². The molecule has 0 saturated carbocycles. The van der Waals surface area contributed by atoms with Gasteiger partial charge in [-0.2, -0.15) is 0 Å². The molecule has 136 valence electrons. The van der Waals surface area contributed by atoms with Crippen molar-refractivity contribution in [2.24, 2.45) is 11.7 Å². The van der Waals surface area contributed by atoms with Gasteiger partial charge in [0.05, 0.1) is 6.10 Å². The summed E-state index contributed by atoms with van der Waals surface area (Å²) in [5.74, 6) is 0.0519. The number of nitrogens with one attached hydrogen (secondary N) is 2. The molecule has 0 aliphatic carbocycles. The Morgan fingerprint density at radius 1 is 1.25 bits per heavy atom. The number of benzene rings is 1. The first-order valence-electron chi connectivity index (χ1n) is 8.27. The highest BCUT2D eigenvalue weighted by molar-refractivity contribution is 5.66. The van der Waals surface area contributed by atoms with Crippen molar-refractivity contribution in [3.8, 4) is 0 Å². The van der Waals surface area contributed by atoms with E-state index < -0.39 is 23.3 Å². The lowest BCUT2D eigenvalue weighted by molar-refractivity contribution is 0.0383. The van der Waals surface area contributed by atoms with E-state index in [9.17, 15) is 9.90 Å². The number of hydrogen-bond donors (Lipinski definition) is 4. The van der Waals surface area contributed by atoms with E-state index in [1.54, 1.807) is 20.8 Å². The third-order valence-electron chi connectivity index (χ3n) is 3.93. The fraction of sp³-hybridized carbons (Fsp3) is 0.611. The second kappa shape index (κ2) is 8.46. The molecule has 0 saturated heterocycles. The Morgan fingerprint density at radius 2 is 1.83 bits per heavy atom. The molecule has 1 amide bonds. The van der Waals surface area contributed by atoms with Crippen LogP contribution < -0.4 is 16.6 Å². The molecule has 2 atom stereocenters. The van der Waals surface area contributed by atoms with Crippen LogP contribution in [0, 0.1) is 5.92 Å². The third kappa shape index (κ3) is 6.47. The maximum absolute atomic E-state index is 11.6. The lowest BCUT2D eigenvalue weighted by Gasteiger charge is -2.38. The van der Waals surface area contributed by atoms with Crippen LogP contribution in [0.1, 0.15) is 40.2 Å². The number of rotatable bonds is 7. The van der Waals surface area contributed by atoms with E-state index >= 15 is 0 Å². The van der Waals surface area contributed by atoms with Gasteiger partial charge in [0.15, 0.2) is 0 Å². The van der Waals surface area contributed by atoms with Crippen LogP contribution >= 0.6 is 0 Å². The van der Waals surface area contributed by atoms with Gasteiger partial charge >= 0.3 is 6.09 Å². The van der Waals surface area contributed by atoms with Crippen LogP contribution in [0.25, 0.3) is 0 Å². The Morgan fingerprint density at radius 3 is 2.33 bits per heavy atom. The average molecular weight is 337 g/mol. The van der Waals surface area contributed by atoms with Crippen molar-refractivity contribution in [3.05, 3.63) is 35.9 Å². The second-order valence-corrected chi connectivity index (χ2v) is 7.45. The Bertz CT molecular complexity index is 514. The van der Waals surface area contributed by atoms with Gasteiger partial charge in [0.25, 0.3) is 0 Å². The van der Waals surface area contributed by atoms with Crippen LogP contribution in [0.15, 0.2) is 30.3 Å². The van der Waals surface area contributed by atoms with Crippen molar-refractivity contribution in [3.63, 3.8) is 0 Å². The van der Waals surface area contributed by atoms with E-state index in [-0.39, 0.29) is 12.5 Å². The number of hydrazine groups is 1. The topological polar surface area (TPSA) is 96.6 Å². The van der Waals surface area contributed by atoms with Crippen molar-refractivity contribution >= 4 is 6.09 Å². The summed E-state index contributed by atoms with van der Waals surface area (Å²) in [6, 6.07) is 9.82. The van der Waals surface area contributed by atoms with Gasteiger partial charge in [-0.1, -0.05) is 44.2 Å². The van der Waals surface area contributed by atoms with E-state index in [0.29, 0.717) is 6.42 Å². The maximum Gasteiger partial charge on any atom is 0.422 e. The molecule has 6 heteroatoms. The molecule has 6 nitrogen and oxygen atoms in total. The molecule has 0 aliphatic heterocycles. The summed E-state index contributed by atoms with van der Waals surface area (Å²) in [5.41, 5.74) is 11.3. The molecular weight excluding hydrogens is 306 g/mol. The predicted octanol–water partition coefficient (Wildman–Crippen LogP) is 1.97. The molecule has 0 fully saturated rings. The lowest BCUT2D eigenvalue weighted by Crippen LogP contribution is -2.61. The first kappa shape index (κ1) is 20.4. The van der Waals surface area contributed by atoms with Crippen molar-refractivity contribution in [1.29, 1.82) is 0 Å². The van der Waals surface area contributed by atoms with Gasteiger partial charge in [-0.25, -0.2) is 10.2 Å². The zero-order chi connectivity index (χ0) is 18.4. The number of carbonyl (C=O) groups excluding carboxylic acids is 1. The zero-order valence-electron chi connectivity index (χ0n) is 15.3. The van der Waals surface area contributed by atoms with E-state index in [0.717, 1.165) is 5.56 Å². The minimum atomic E-state index is -0.840. The van der Waals surface area contributed by atoms with Crippen LogP contribution in [0.2, 0.25) is 0 Å². The summed E-state index contributed by atoms with van der Waals surface area (Å²) in [4.78, 5) is 11.6. The van der Waals surface area contributed by atoms with Crippen molar-refractivity contribution < 1.29 is 14.6 Å². The number of amides is 1. The van der Waals surface area contributed by atoms with Gasteiger partial charge in [0.1, 0.15) is 5.60 Å². The molecular formula is C18H31N3O3. The molecule has 1 aromatic carbocycles. The molecule has 0 aliphatic rings. The SMILES string of the molecule is CC(C)[C@@](N)(Cc1ccccc1)[C@H](O)CNNC(=O)OC(C)(C)C. The highest BCUT2D eigenvalue weighted by Gasteiger charge is 2.37. The molecule has 0 spiro atoms. The highest BCUT2D eigenvalue weighted by Crippen LogP contribution is 2.23. The average Bonchev–Trinajstić information content (AvgIpc) is 2.45. The van der Waals surface area contributed by atoms with E-state index in [4.69, 9.17) is 10.5 Å². The second-order valence-electron chi connectivity index (χ2n) is 7.45. The van der Waals surface area contributed by atoms with Crippen LogP contribution in [0.3, 0.4) is 0 Å². The fourth-order valence-corrected chi connectivity index (χ4v) is 2.37. The monoisotopic (exact) mass is 337 g/mol. The normalized spacial score (nSPS) is 15.7. The van der Waals surface area contributed by atoms with Gasteiger partial charge < -0.3 is 15.6 Å². The summed E-state index contributed by atoms with van der Waals surface area (Å²) < 4.78 is 5.12. The number of ether oxygens (including phenoxy) is 1. The van der Waals surface area contributed by atoms with Crippen LogP contribution in [-0.4, -0.2) is 35.0 Å². The minimum Gasteiger partial charge on any atom is -0.443 e. The number of aliphatic hydroxyl groups excluding tert-OH is 1. The smallest absolute Gasteiger partial charge is 0.422 e. The van der Waals surface area contributed by atoms with Gasteiger partial charge in [0, 0.05) is 12.1 Å². The minimum absolute atomic E-state index is 0.0519. The standard InChI is InChI=1S/C18H31N3O3/c1-13(2)18(19,11-14-9-7-6-8-10-14)15(22)12-20-21-16(23)24-17(3,4)5/h6-10,13,15,20,22H,11-12,19H2,1-5H3,(H,21,23)/t15-,18+/m1/s1. The first-order chi connectivity index (χ1) is 11.0. The molecule has 5 N–H and O–H groups in total. The van der Waals surface area contributed by atoms with E-state index in [2.05, 4.69) is 10.9 Å². The molecule has 0 heterocycles. The molecule has 0 bridgehead atoms. The summed E-state index contributed by atoms with van der Waals surface area (Å²) in [6.45, 7) is 9.43. The van der Waals surface area contributed by atoms with Crippen molar-refractivity contribution in [1.82, 2.24) is 10.9 Å². The van der Waals surface area contributed by atoms with Gasteiger partial charge in [-0.3, -0.25) is 5.43 Å². The highest BCUT2D eigenvalue weighted by atomic mass is 16.6. The molecule has 0 unspecified atom stereocenters. The Kier molecular flexibility index (Phi) is 7.20. The fourth-order valence-electron chi connectivity index (χ4n) is 2.37. The quantitative estimate of drug-likeness (QED) is 0.571. The maximum atomic E-state index is 11.6. The summed E-state index contributed by atoms with van der Waals surface area (Å²) in [7, 11) is 0. The number of hydrogen-bond acceptors (Lipinski definition) is 5. The van der Waals surface area contributed by atoms with Gasteiger partial charge in [-0.05, 0) is 38.7 Å². The molecule has 24 heavy (non-hydrogen) atoms. The summed E-state index contributed by atoms with van der Waals surface area (Å²) in [5, 5.41) is 10.6. The molecule has 0 aromatic heterocycles. The molecule has 1 rings (SSSR count). The van der Waals surface area contributed by atoms with Crippen molar-refractivity contribution in [2.75, 3.05) is 6.54 Å². The van der Waals surface area contributed by atoms with Gasteiger partial charge in [-0.15, -0.1) is 0 Å². The molecule has 1 aromatic rings. The van der Waals surface area contributed by atoms with E-state index in [1.807, 2.05) is 44.2 Å². The van der Waals surface area contributed by atoms with E-state index in [1.165, 1.54) is 0 Å². The predicted molar refractivity (Wildman–Crippen MR) is 95.3 cm³/mol. The Hall–Kier alpha value is -1.63. The van der Waals surface area contributed by atoms with Gasteiger partial charge in [0.2, 0.25) is 0 Å². The van der Waals surface area contributed by atoms with Crippen molar-refractivity contribution in [2.45, 2.75) is 58.3 Å². The lowest BCUT2D eigenvalue weighted by atomic mass is 9.77. The third-order valence-corrected chi connectivity index (χ3v) is 3.93. The largest absolute Gasteiger partial charge is 0.443 e. The number of nitrogens with two attached hydrogens (primary N) is 1. The number of carbonyl (C=O) groups is 1. The van der Waals surface area contributed by atoms with Crippen LogP contribution in [0.5, 0.6) is 0 Å². The first-order valence-corrected chi connectivity index (χ1v) is 8.27. The number of aliphatic hydroxyl groups is 1. The van der Waals surface area contributed by atoms with Crippen LogP contribution in [-0.2, 0) is 11.2 Å².